The fourth-order valence-electron chi connectivity index (χ4n) is 2.15. The quantitative estimate of drug-likeness (QED) is 0.795. The molecule has 1 saturated heterocycles. The Morgan fingerprint density at radius 2 is 2.48 bits per heavy atom. The third-order valence-corrected chi connectivity index (χ3v) is 4.30. The number of morpholine rings is 1. The lowest BCUT2D eigenvalue weighted by Gasteiger charge is -2.32. The van der Waals surface area contributed by atoms with E-state index >= 15 is 0 Å². The maximum absolute atomic E-state index is 12.1. The Kier molecular flexibility index (Phi) is 6.21. The van der Waals surface area contributed by atoms with E-state index in [9.17, 15) is 4.79 Å². The Morgan fingerprint density at radius 1 is 1.62 bits per heavy atom. The lowest BCUT2D eigenvalue weighted by molar-refractivity contribution is -0.0245. The number of nitrogens with one attached hydrogen (secondary N) is 1. The van der Waals surface area contributed by atoms with Gasteiger partial charge in [0.25, 0.3) is 5.91 Å². The highest BCUT2D eigenvalue weighted by Crippen LogP contribution is 2.15. The molecule has 6 heteroatoms. The summed E-state index contributed by atoms with van der Waals surface area (Å²) < 4.78 is 5.67. The van der Waals surface area contributed by atoms with Crippen LogP contribution in [0.25, 0.3) is 0 Å². The van der Waals surface area contributed by atoms with Crippen molar-refractivity contribution in [1.29, 1.82) is 0 Å². The number of carbonyl (C=O) groups excluding carboxylic acids is 1. The number of ether oxygens (including phenoxy) is 1. The van der Waals surface area contributed by atoms with Crippen LogP contribution in [0.1, 0.15) is 21.5 Å². The number of rotatable bonds is 4. The molecular formula is C15H21N3O2S. The Morgan fingerprint density at radius 3 is 3.24 bits per heavy atom. The van der Waals surface area contributed by atoms with E-state index in [-0.39, 0.29) is 12.0 Å². The minimum Gasteiger partial charge on any atom is -0.374 e. The third-order valence-electron chi connectivity index (χ3n) is 3.30. The summed E-state index contributed by atoms with van der Waals surface area (Å²) in [6, 6.07) is 3.64. The molecule has 3 N–H and O–H groups in total. The van der Waals surface area contributed by atoms with Gasteiger partial charge in [0.1, 0.15) is 0 Å². The van der Waals surface area contributed by atoms with Gasteiger partial charge in [0.2, 0.25) is 0 Å². The molecule has 2 heterocycles. The second-order valence-electron chi connectivity index (χ2n) is 4.77. The fourth-order valence-corrected chi connectivity index (χ4v) is 2.95. The topological polar surface area (TPSA) is 67.6 Å². The number of hydrogen-bond acceptors (Lipinski definition) is 5. The molecule has 114 valence electrons. The first-order valence-corrected chi connectivity index (χ1v) is 7.95. The van der Waals surface area contributed by atoms with Crippen LogP contribution in [-0.2, 0) is 4.74 Å². The Balaban J connectivity index is 1.82. The summed E-state index contributed by atoms with van der Waals surface area (Å²) in [5.41, 5.74) is 5.33. The van der Waals surface area contributed by atoms with Crippen LogP contribution in [0.3, 0.4) is 0 Å². The first-order chi connectivity index (χ1) is 10.2. The molecule has 1 aromatic heterocycles. The number of hydrogen-bond donors (Lipinski definition) is 2. The van der Waals surface area contributed by atoms with E-state index in [4.69, 9.17) is 10.5 Å². The largest absolute Gasteiger partial charge is 0.374 e. The molecule has 0 spiro atoms. The number of nitrogens with two attached hydrogens (primary N) is 1. The molecule has 1 aliphatic rings. The van der Waals surface area contributed by atoms with Crippen molar-refractivity contribution < 1.29 is 9.53 Å². The van der Waals surface area contributed by atoms with Gasteiger partial charge < -0.3 is 15.8 Å². The molecule has 0 aliphatic carbocycles. The first-order valence-electron chi connectivity index (χ1n) is 7.14. The monoisotopic (exact) mass is 307 g/mol. The molecule has 1 aliphatic heterocycles. The highest BCUT2D eigenvalue weighted by molar-refractivity contribution is 7.14. The lowest BCUT2D eigenvalue weighted by atomic mass is 10.2. The van der Waals surface area contributed by atoms with Crippen molar-refractivity contribution >= 4 is 17.2 Å². The van der Waals surface area contributed by atoms with Crippen molar-refractivity contribution in [3.8, 4) is 11.8 Å². The second-order valence-corrected chi connectivity index (χ2v) is 5.85. The number of amides is 1. The van der Waals surface area contributed by atoms with Gasteiger partial charge in [-0.15, -0.1) is 11.3 Å². The smallest absolute Gasteiger partial charge is 0.261 e. The highest BCUT2D eigenvalue weighted by Gasteiger charge is 2.20. The predicted molar refractivity (Wildman–Crippen MR) is 84.4 cm³/mol. The molecule has 1 atom stereocenters. The normalized spacial score (nSPS) is 18.9. The number of thiophene rings is 1. The van der Waals surface area contributed by atoms with Gasteiger partial charge in [-0.25, -0.2) is 0 Å². The van der Waals surface area contributed by atoms with Crippen molar-refractivity contribution in [2.45, 2.75) is 13.0 Å². The van der Waals surface area contributed by atoms with Gasteiger partial charge in [-0.1, -0.05) is 18.8 Å². The molecule has 1 fully saturated rings. The van der Waals surface area contributed by atoms with Gasteiger partial charge >= 0.3 is 0 Å². The van der Waals surface area contributed by atoms with Crippen molar-refractivity contribution in [3.05, 3.63) is 21.9 Å². The average Bonchev–Trinajstić information content (AvgIpc) is 2.99. The van der Waals surface area contributed by atoms with Crippen LogP contribution in [-0.4, -0.2) is 56.2 Å². The molecule has 21 heavy (non-hydrogen) atoms. The molecule has 1 aromatic rings. The Labute approximate surface area is 129 Å². The van der Waals surface area contributed by atoms with Gasteiger partial charge in [0.15, 0.2) is 0 Å². The number of nitrogens with zero attached hydrogens (tertiary/aromatic N) is 1. The number of likely N-dealkylation sites (N-methyl/N-ethyl adjacent to an activating group) is 1. The fraction of sp³-hybridized carbons (Fsp3) is 0.533. The van der Waals surface area contributed by atoms with Gasteiger partial charge in [-0.05, 0) is 18.7 Å². The van der Waals surface area contributed by atoms with E-state index in [1.54, 1.807) is 6.07 Å². The summed E-state index contributed by atoms with van der Waals surface area (Å²) in [6.07, 6.45) is 0.0686. The molecule has 0 radical (unpaired) electrons. The van der Waals surface area contributed by atoms with E-state index in [1.807, 2.05) is 6.07 Å². The van der Waals surface area contributed by atoms with Crippen LogP contribution < -0.4 is 11.1 Å². The summed E-state index contributed by atoms with van der Waals surface area (Å²) >= 11 is 1.38. The summed E-state index contributed by atoms with van der Waals surface area (Å²) in [6.45, 7) is 6.58. The lowest BCUT2D eigenvalue weighted by Crippen LogP contribution is -2.47. The minimum atomic E-state index is -0.0713. The van der Waals surface area contributed by atoms with Crippen molar-refractivity contribution in [1.82, 2.24) is 10.2 Å². The van der Waals surface area contributed by atoms with Crippen LogP contribution in [0.15, 0.2) is 12.1 Å². The zero-order valence-corrected chi connectivity index (χ0v) is 13.0. The standard InChI is InChI=1S/C15H21N3O2S/c1-2-18-8-9-20-12(11-18)10-17-15(19)14-6-5-13(21-14)4-3-7-16/h5-6,12H,2,7-11,16H2,1H3,(H,17,19). The van der Waals surface area contributed by atoms with Crippen molar-refractivity contribution in [2.75, 3.05) is 39.3 Å². The van der Waals surface area contributed by atoms with E-state index in [2.05, 4.69) is 29.0 Å². The van der Waals surface area contributed by atoms with Crippen molar-refractivity contribution in [3.63, 3.8) is 0 Å². The Hall–Kier alpha value is -1.39. The maximum atomic E-state index is 12.1. The zero-order valence-electron chi connectivity index (χ0n) is 12.2. The van der Waals surface area contributed by atoms with Crippen LogP contribution in [0.2, 0.25) is 0 Å². The van der Waals surface area contributed by atoms with Gasteiger partial charge in [-0.2, -0.15) is 0 Å². The van der Waals surface area contributed by atoms with Crippen LogP contribution >= 0.6 is 11.3 Å². The van der Waals surface area contributed by atoms with Gasteiger partial charge in [0, 0.05) is 19.6 Å². The zero-order chi connectivity index (χ0) is 15.1. The molecule has 2 rings (SSSR count). The van der Waals surface area contributed by atoms with Crippen LogP contribution in [0.4, 0.5) is 0 Å². The average molecular weight is 307 g/mol. The molecule has 1 amide bonds. The molecule has 0 aromatic carbocycles. The second kappa shape index (κ2) is 8.15. The molecular weight excluding hydrogens is 286 g/mol. The summed E-state index contributed by atoms with van der Waals surface area (Å²) in [4.78, 5) is 15.9. The molecule has 0 bridgehead atoms. The SMILES string of the molecule is CCN1CCOC(CNC(=O)c2ccc(C#CCN)s2)C1. The molecule has 5 nitrogen and oxygen atoms in total. The van der Waals surface area contributed by atoms with E-state index in [1.165, 1.54) is 11.3 Å². The maximum Gasteiger partial charge on any atom is 0.261 e. The van der Waals surface area contributed by atoms with E-state index in [0.717, 1.165) is 31.1 Å². The number of carbonyl (C=O) groups is 1. The van der Waals surface area contributed by atoms with Gasteiger partial charge in [0.05, 0.1) is 29.0 Å². The van der Waals surface area contributed by atoms with E-state index in [0.29, 0.717) is 18.0 Å². The van der Waals surface area contributed by atoms with Crippen LogP contribution in [0, 0.1) is 11.8 Å². The van der Waals surface area contributed by atoms with Crippen LogP contribution in [0.5, 0.6) is 0 Å². The third kappa shape index (κ3) is 4.83. The summed E-state index contributed by atoms with van der Waals surface area (Å²) in [5, 5.41) is 2.93. The summed E-state index contributed by atoms with van der Waals surface area (Å²) in [5.74, 6) is 5.64. The predicted octanol–water partition coefficient (Wildman–Crippen LogP) is 0.509. The first kappa shape index (κ1) is 16.0. The molecule has 1 unspecified atom stereocenters. The molecule has 0 saturated carbocycles. The van der Waals surface area contributed by atoms with Crippen molar-refractivity contribution in [2.24, 2.45) is 5.73 Å². The van der Waals surface area contributed by atoms with Gasteiger partial charge in [-0.3, -0.25) is 9.69 Å². The Bertz CT molecular complexity index is 533. The van der Waals surface area contributed by atoms with E-state index < -0.39 is 0 Å². The highest BCUT2D eigenvalue weighted by atomic mass is 32.1. The minimum absolute atomic E-state index is 0.0686. The summed E-state index contributed by atoms with van der Waals surface area (Å²) in [7, 11) is 0.